The average molecular weight is 479 g/mol. The van der Waals surface area contributed by atoms with Crippen LogP contribution in [-0.4, -0.2) is 55.5 Å². The zero-order valence-corrected chi connectivity index (χ0v) is 19.6. The first-order valence-corrected chi connectivity index (χ1v) is 11.8. The zero-order valence-electron chi connectivity index (χ0n) is 19.6. The van der Waals surface area contributed by atoms with Gasteiger partial charge in [-0.2, -0.15) is 0 Å². The Morgan fingerprint density at radius 3 is 2.31 bits per heavy atom. The number of amides is 2. The summed E-state index contributed by atoms with van der Waals surface area (Å²) >= 11 is 0. The molecular weight excluding hydrogens is 448 g/mol. The van der Waals surface area contributed by atoms with Gasteiger partial charge < -0.3 is 25.2 Å². The summed E-state index contributed by atoms with van der Waals surface area (Å²) in [5.74, 6) is -2.00. The molecule has 0 heterocycles. The molecule has 0 spiro atoms. The van der Waals surface area contributed by atoms with Crippen molar-refractivity contribution in [1.82, 2.24) is 10.6 Å². The molecule has 0 bridgehead atoms. The van der Waals surface area contributed by atoms with Crippen molar-refractivity contribution in [3.05, 3.63) is 71.8 Å². The summed E-state index contributed by atoms with van der Waals surface area (Å²) in [5.41, 5.74) is 4.59. The highest BCUT2D eigenvalue weighted by molar-refractivity contribution is 5.86. The Balaban J connectivity index is 1.27. The number of carbonyl (C=O) groups excluding carboxylic acids is 2. The number of alkyl carbamates (subject to hydrolysis) is 1. The summed E-state index contributed by atoms with van der Waals surface area (Å²) < 4.78 is 10.5. The summed E-state index contributed by atoms with van der Waals surface area (Å²) in [6.07, 6.45) is 4.04. The fourth-order valence-electron chi connectivity index (χ4n) is 4.76. The lowest BCUT2D eigenvalue weighted by molar-refractivity contribution is -0.142. The molecule has 3 atom stereocenters. The molecule has 2 aromatic carbocycles. The fraction of sp³-hybridized carbons (Fsp3) is 0.370. The molecule has 184 valence electrons. The standard InChI is InChI=1S/C27H30N2O6/c1-34-14-6-11-24(26(31)32)29-25(30)17-12-13-18(15-17)28-27(33)35-16-23-21-9-4-2-7-19(21)20-8-3-5-10-22(20)23/h2-5,7-10,12-13,17-18,23-24H,6,11,14-16H2,1H3,(H,28,33)(H,29,30)(H,31,32). The number of rotatable bonds is 10. The smallest absolute Gasteiger partial charge is 0.407 e. The maximum absolute atomic E-state index is 12.6. The molecule has 2 aliphatic rings. The summed E-state index contributed by atoms with van der Waals surface area (Å²) in [6.45, 7) is 0.636. The highest BCUT2D eigenvalue weighted by Crippen LogP contribution is 2.44. The highest BCUT2D eigenvalue weighted by Gasteiger charge is 2.31. The van der Waals surface area contributed by atoms with Crippen molar-refractivity contribution in [3.8, 4) is 11.1 Å². The van der Waals surface area contributed by atoms with Gasteiger partial charge in [-0.25, -0.2) is 9.59 Å². The molecule has 4 rings (SSSR count). The van der Waals surface area contributed by atoms with Crippen molar-refractivity contribution in [2.24, 2.45) is 5.92 Å². The predicted octanol–water partition coefficient (Wildman–Crippen LogP) is 3.47. The van der Waals surface area contributed by atoms with Crippen LogP contribution in [0.1, 0.15) is 36.3 Å². The van der Waals surface area contributed by atoms with Gasteiger partial charge in [-0.15, -0.1) is 0 Å². The zero-order chi connectivity index (χ0) is 24.8. The van der Waals surface area contributed by atoms with Crippen LogP contribution in [0.15, 0.2) is 60.7 Å². The van der Waals surface area contributed by atoms with Crippen LogP contribution in [0.25, 0.3) is 11.1 Å². The molecule has 3 unspecified atom stereocenters. The first-order chi connectivity index (χ1) is 17.0. The van der Waals surface area contributed by atoms with Gasteiger partial charge in [0.25, 0.3) is 0 Å². The van der Waals surface area contributed by atoms with Crippen LogP contribution in [0.2, 0.25) is 0 Å². The number of carboxylic acids is 1. The molecular formula is C27H30N2O6. The van der Waals surface area contributed by atoms with Crippen LogP contribution in [0.3, 0.4) is 0 Å². The van der Waals surface area contributed by atoms with Crippen LogP contribution in [0, 0.1) is 5.92 Å². The van der Waals surface area contributed by atoms with Gasteiger partial charge in [0.05, 0.1) is 12.0 Å². The maximum atomic E-state index is 12.6. The van der Waals surface area contributed by atoms with E-state index in [2.05, 4.69) is 34.9 Å². The number of aliphatic carboxylic acids is 1. The lowest BCUT2D eigenvalue weighted by Crippen LogP contribution is -2.44. The third-order valence-corrected chi connectivity index (χ3v) is 6.52. The topological polar surface area (TPSA) is 114 Å². The fourth-order valence-corrected chi connectivity index (χ4v) is 4.76. The summed E-state index contributed by atoms with van der Waals surface area (Å²) in [4.78, 5) is 36.5. The van der Waals surface area contributed by atoms with Crippen molar-refractivity contribution < 1.29 is 29.0 Å². The monoisotopic (exact) mass is 478 g/mol. The second kappa shape index (κ2) is 11.2. The Labute approximate surface area is 204 Å². The first kappa shape index (κ1) is 24.5. The molecule has 0 aliphatic heterocycles. The van der Waals surface area contributed by atoms with E-state index in [9.17, 15) is 19.5 Å². The summed E-state index contributed by atoms with van der Waals surface area (Å²) in [5, 5.41) is 14.7. The Morgan fingerprint density at radius 1 is 1.03 bits per heavy atom. The predicted molar refractivity (Wildman–Crippen MR) is 130 cm³/mol. The minimum absolute atomic E-state index is 0.0307. The summed E-state index contributed by atoms with van der Waals surface area (Å²) in [7, 11) is 1.54. The lowest BCUT2D eigenvalue weighted by atomic mass is 9.98. The van der Waals surface area contributed by atoms with Crippen molar-refractivity contribution in [3.63, 3.8) is 0 Å². The minimum Gasteiger partial charge on any atom is -0.480 e. The van der Waals surface area contributed by atoms with Gasteiger partial charge >= 0.3 is 12.1 Å². The average Bonchev–Trinajstić information content (AvgIpc) is 3.45. The lowest BCUT2D eigenvalue weighted by Gasteiger charge is -2.18. The molecule has 0 saturated carbocycles. The number of nitrogens with one attached hydrogen (secondary N) is 2. The number of ether oxygens (including phenoxy) is 2. The first-order valence-electron chi connectivity index (χ1n) is 11.8. The van der Waals surface area contributed by atoms with Gasteiger partial charge in [-0.3, -0.25) is 4.79 Å². The molecule has 0 aromatic heterocycles. The van der Waals surface area contributed by atoms with Crippen molar-refractivity contribution in [2.45, 2.75) is 37.3 Å². The van der Waals surface area contributed by atoms with Crippen LogP contribution in [-0.2, 0) is 19.1 Å². The van der Waals surface area contributed by atoms with Crippen molar-refractivity contribution in [1.29, 1.82) is 0 Å². The van der Waals surface area contributed by atoms with E-state index in [-0.39, 0.29) is 30.9 Å². The second-order valence-electron chi connectivity index (χ2n) is 8.84. The van der Waals surface area contributed by atoms with Crippen molar-refractivity contribution in [2.75, 3.05) is 20.3 Å². The Hall–Kier alpha value is -3.65. The molecule has 2 aromatic rings. The molecule has 8 nitrogen and oxygen atoms in total. The number of benzene rings is 2. The number of hydrogen-bond acceptors (Lipinski definition) is 5. The van der Waals surface area contributed by atoms with Gasteiger partial charge in [-0.05, 0) is 41.5 Å². The largest absolute Gasteiger partial charge is 0.480 e. The van der Waals surface area contributed by atoms with E-state index in [1.165, 1.54) is 0 Å². The Kier molecular flexibility index (Phi) is 7.82. The van der Waals surface area contributed by atoms with Gasteiger partial charge in [0.1, 0.15) is 12.6 Å². The van der Waals surface area contributed by atoms with Gasteiger partial charge in [0, 0.05) is 19.6 Å². The van der Waals surface area contributed by atoms with Crippen LogP contribution >= 0.6 is 0 Å². The van der Waals surface area contributed by atoms with Gasteiger partial charge in [-0.1, -0.05) is 60.7 Å². The van der Waals surface area contributed by atoms with Crippen LogP contribution < -0.4 is 10.6 Å². The SMILES string of the molecule is COCCCC(NC(=O)C1C=CC(NC(=O)OCC2c3ccccc3-c3ccccc32)C1)C(=O)O. The number of carbonyl (C=O) groups is 3. The summed E-state index contributed by atoms with van der Waals surface area (Å²) in [6, 6.07) is 14.9. The third-order valence-electron chi connectivity index (χ3n) is 6.52. The molecule has 0 radical (unpaired) electrons. The van der Waals surface area contributed by atoms with E-state index < -0.39 is 24.0 Å². The van der Waals surface area contributed by atoms with Crippen molar-refractivity contribution >= 4 is 18.0 Å². The molecule has 35 heavy (non-hydrogen) atoms. The number of methoxy groups -OCH3 is 1. The minimum atomic E-state index is -1.08. The molecule has 3 N–H and O–H groups in total. The van der Waals surface area contributed by atoms with E-state index in [1.54, 1.807) is 19.3 Å². The quantitative estimate of drug-likeness (QED) is 0.356. The van der Waals surface area contributed by atoms with Crippen LogP contribution in [0.5, 0.6) is 0 Å². The number of fused-ring (bicyclic) bond motifs is 3. The molecule has 0 fully saturated rings. The van der Waals surface area contributed by atoms with Gasteiger partial charge in [0.2, 0.25) is 5.91 Å². The molecule has 2 amide bonds. The number of carboxylic acid groups (broad SMARTS) is 1. The highest BCUT2D eigenvalue weighted by atomic mass is 16.5. The molecule has 0 saturated heterocycles. The maximum Gasteiger partial charge on any atom is 0.407 e. The van der Waals surface area contributed by atoms with E-state index >= 15 is 0 Å². The van der Waals surface area contributed by atoms with Crippen LogP contribution in [0.4, 0.5) is 4.79 Å². The third kappa shape index (κ3) is 5.71. The Bertz CT molecular complexity index is 1070. The van der Waals surface area contributed by atoms with E-state index in [1.807, 2.05) is 24.3 Å². The normalized spacial score (nSPS) is 19.0. The Morgan fingerprint density at radius 2 is 1.69 bits per heavy atom. The van der Waals surface area contributed by atoms with Gasteiger partial charge in [0.15, 0.2) is 0 Å². The number of hydrogen-bond donors (Lipinski definition) is 3. The van der Waals surface area contributed by atoms with E-state index in [4.69, 9.17) is 9.47 Å². The molecule has 8 heteroatoms. The van der Waals surface area contributed by atoms with E-state index in [0.29, 0.717) is 19.4 Å². The van der Waals surface area contributed by atoms with E-state index in [0.717, 1.165) is 22.3 Å². The second-order valence-corrected chi connectivity index (χ2v) is 8.84. The molecule has 2 aliphatic carbocycles.